The van der Waals surface area contributed by atoms with Crippen LogP contribution in [0.1, 0.15) is 102 Å². The highest BCUT2D eigenvalue weighted by atomic mass is 16.5. The van der Waals surface area contributed by atoms with Crippen molar-refractivity contribution in [3.8, 4) is 0 Å². The van der Waals surface area contributed by atoms with E-state index < -0.39 is 0 Å². The number of aliphatic hydroxyl groups is 1. The van der Waals surface area contributed by atoms with Gasteiger partial charge in [0.25, 0.3) is 0 Å². The molecule has 3 heteroatoms. The van der Waals surface area contributed by atoms with Crippen molar-refractivity contribution in [1.29, 1.82) is 0 Å². The van der Waals surface area contributed by atoms with Gasteiger partial charge in [0.05, 0.1) is 6.61 Å². The van der Waals surface area contributed by atoms with Gasteiger partial charge in [-0.3, -0.25) is 4.79 Å². The van der Waals surface area contributed by atoms with Crippen molar-refractivity contribution in [3.63, 3.8) is 0 Å². The minimum atomic E-state index is -0.184. The molecule has 0 bridgehead atoms. The molecule has 0 unspecified atom stereocenters. The Labute approximate surface area is 191 Å². The number of hydrogen-bond donors (Lipinski definition) is 1. The second kappa shape index (κ2) is 24.4. The van der Waals surface area contributed by atoms with Gasteiger partial charge in [-0.15, -0.1) is 0 Å². The van der Waals surface area contributed by atoms with Gasteiger partial charge in [0.1, 0.15) is 6.61 Å². The van der Waals surface area contributed by atoms with Crippen LogP contribution in [0.5, 0.6) is 0 Å². The van der Waals surface area contributed by atoms with Crippen molar-refractivity contribution in [2.24, 2.45) is 0 Å². The number of rotatable bonds is 18. The molecule has 0 aliphatic carbocycles. The summed E-state index contributed by atoms with van der Waals surface area (Å²) in [4.78, 5) is 11.2. The lowest BCUT2D eigenvalue weighted by atomic mass is 10.1. The van der Waals surface area contributed by atoms with E-state index in [1.54, 1.807) is 0 Å². The SMILES string of the molecule is C=Cc1ccccc1.CCCCCCCC/C=C\CCCCCCCC(=O)OCCO. The summed E-state index contributed by atoms with van der Waals surface area (Å²) < 4.78 is 4.81. The van der Waals surface area contributed by atoms with Crippen LogP contribution >= 0.6 is 0 Å². The Morgan fingerprint density at radius 2 is 1.42 bits per heavy atom. The third kappa shape index (κ3) is 22.6. The minimum absolute atomic E-state index is 0.0852. The molecule has 1 aromatic carbocycles. The van der Waals surface area contributed by atoms with E-state index in [4.69, 9.17) is 9.84 Å². The molecule has 1 rings (SSSR count). The zero-order valence-electron chi connectivity index (χ0n) is 19.9. The fourth-order valence-corrected chi connectivity index (χ4v) is 3.16. The van der Waals surface area contributed by atoms with E-state index in [0.29, 0.717) is 6.42 Å². The maximum atomic E-state index is 11.2. The average Bonchev–Trinajstić information content (AvgIpc) is 2.81. The summed E-state index contributed by atoms with van der Waals surface area (Å²) in [5.41, 5.74) is 1.17. The lowest BCUT2D eigenvalue weighted by Gasteiger charge is -2.02. The quantitative estimate of drug-likeness (QED) is 0.146. The highest BCUT2D eigenvalue weighted by molar-refractivity contribution is 5.69. The molecule has 31 heavy (non-hydrogen) atoms. The lowest BCUT2D eigenvalue weighted by Crippen LogP contribution is -2.07. The standard InChI is InChI=1S/C20H38O3.C8H8/c1-2-3-4-5-6-7-8-9-10-11-12-13-14-15-16-17-20(22)23-19-18-21;1-2-8-6-4-3-5-7-8/h9-10,21H,2-8,11-19H2,1H3;2-7H,1H2/b10-9-;. The van der Waals surface area contributed by atoms with Crippen molar-refractivity contribution >= 4 is 12.0 Å². The van der Waals surface area contributed by atoms with Crippen molar-refractivity contribution in [3.05, 3.63) is 54.6 Å². The van der Waals surface area contributed by atoms with Crippen molar-refractivity contribution in [2.45, 2.75) is 96.8 Å². The largest absolute Gasteiger partial charge is 0.463 e. The Balaban J connectivity index is 0.000000929. The topological polar surface area (TPSA) is 46.5 Å². The molecule has 0 spiro atoms. The highest BCUT2D eigenvalue weighted by Gasteiger charge is 2.01. The van der Waals surface area contributed by atoms with Crippen LogP contribution in [0.25, 0.3) is 6.08 Å². The molecule has 0 amide bonds. The molecule has 0 aliphatic rings. The van der Waals surface area contributed by atoms with Crippen LogP contribution in [-0.4, -0.2) is 24.3 Å². The van der Waals surface area contributed by atoms with E-state index in [1.165, 1.54) is 76.2 Å². The van der Waals surface area contributed by atoms with Crippen molar-refractivity contribution in [1.82, 2.24) is 0 Å². The van der Waals surface area contributed by atoms with Gasteiger partial charge in [-0.1, -0.05) is 113 Å². The van der Waals surface area contributed by atoms with Gasteiger partial charge in [0, 0.05) is 6.42 Å². The zero-order valence-corrected chi connectivity index (χ0v) is 19.9. The first-order chi connectivity index (χ1) is 15.2. The van der Waals surface area contributed by atoms with E-state index in [1.807, 2.05) is 36.4 Å². The second-order valence-electron chi connectivity index (χ2n) is 7.89. The number of hydrogen-bond acceptors (Lipinski definition) is 3. The molecule has 1 N–H and O–H groups in total. The predicted molar refractivity (Wildman–Crippen MR) is 134 cm³/mol. The molecule has 0 atom stereocenters. The molecule has 0 aliphatic heterocycles. The van der Waals surface area contributed by atoms with Crippen LogP contribution in [0.4, 0.5) is 0 Å². The summed E-state index contributed by atoms with van der Waals surface area (Å²) in [5.74, 6) is -0.184. The average molecular weight is 431 g/mol. The van der Waals surface area contributed by atoms with Crippen LogP contribution in [-0.2, 0) is 9.53 Å². The number of ether oxygens (including phenoxy) is 1. The molecular weight excluding hydrogens is 384 g/mol. The molecular formula is C28H46O3. The number of carbonyl (C=O) groups excluding carboxylic acids is 1. The fraction of sp³-hybridized carbons (Fsp3) is 0.607. The Hall–Kier alpha value is -1.87. The predicted octanol–water partition coefficient (Wildman–Crippen LogP) is 7.89. The first kappa shape index (κ1) is 29.1. The molecule has 0 fully saturated rings. The smallest absolute Gasteiger partial charge is 0.305 e. The van der Waals surface area contributed by atoms with E-state index in [2.05, 4.69) is 25.7 Å². The van der Waals surface area contributed by atoms with Gasteiger partial charge in [0.2, 0.25) is 0 Å². The summed E-state index contributed by atoms with van der Waals surface area (Å²) in [5, 5.41) is 8.54. The summed E-state index contributed by atoms with van der Waals surface area (Å²) >= 11 is 0. The van der Waals surface area contributed by atoms with Crippen LogP contribution in [0, 0.1) is 0 Å². The Morgan fingerprint density at radius 3 is 1.94 bits per heavy atom. The van der Waals surface area contributed by atoms with Gasteiger partial charge < -0.3 is 9.84 Å². The van der Waals surface area contributed by atoms with Gasteiger partial charge in [-0.05, 0) is 37.7 Å². The fourth-order valence-electron chi connectivity index (χ4n) is 3.16. The van der Waals surface area contributed by atoms with Gasteiger partial charge in [0.15, 0.2) is 0 Å². The number of carbonyl (C=O) groups is 1. The molecule has 1 aromatic rings. The third-order valence-electron chi connectivity index (χ3n) is 5.03. The van der Waals surface area contributed by atoms with Crippen molar-refractivity contribution in [2.75, 3.05) is 13.2 Å². The summed E-state index contributed by atoms with van der Waals surface area (Å²) in [6.45, 7) is 5.93. The maximum absolute atomic E-state index is 11.2. The zero-order chi connectivity index (χ0) is 22.8. The van der Waals surface area contributed by atoms with Crippen LogP contribution in [0.2, 0.25) is 0 Å². The number of esters is 1. The van der Waals surface area contributed by atoms with Crippen LogP contribution < -0.4 is 0 Å². The molecule has 3 nitrogen and oxygen atoms in total. The van der Waals surface area contributed by atoms with Crippen LogP contribution in [0.15, 0.2) is 49.1 Å². The number of aliphatic hydroxyl groups excluding tert-OH is 1. The Morgan fingerprint density at radius 1 is 0.871 bits per heavy atom. The van der Waals surface area contributed by atoms with Gasteiger partial charge in [-0.25, -0.2) is 0 Å². The van der Waals surface area contributed by atoms with E-state index in [-0.39, 0.29) is 19.2 Å². The maximum Gasteiger partial charge on any atom is 0.305 e. The summed E-state index contributed by atoms with van der Waals surface area (Å²) in [7, 11) is 0. The third-order valence-corrected chi connectivity index (χ3v) is 5.03. The first-order valence-corrected chi connectivity index (χ1v) is 12.3. The van der Waals surface area contributed by atoms with E-state index >= 15 is 0 Å². The number of benzene rings is 1. The first-order valence-electron chi connectivity index (χ1n) is 12.3. The highest BCUT2D eigenvalue weighted by Crippen LogP contribution is 2.10. The van der Waals surface area contributed by atoms with Gasteiger partial charge in [-0.2, -0.15) is 0 Å². The Bertz CT molecular complexity index is 536. The molecule has 176 valence electrons. The van der Waals surface area contributed by atoms with E-state index in [9.17, 15) is 4.79 Å². The summed E-state index contributed by atoms with van der Waals surface area (Å²) in [6, 6.07) is 10.0. The second-order valence-corrected chi connectivity index (χ2v) is 7.89. The Kier molecular flexibility index (Phi) is 22.9. The van der Waals surface area contributed by atoms with Crippen LogP contribution in [0.3, 0.4) is 0 Å². The van der Waals surface area contributed by atoms with E-state index in [0.717, 1.165) is 12.8 Å². The molecule has 0 saturated heterocycles. The lowest BCUT2D eigenvalue weighted by molar-refractivity contribution is -0.144. The number of allylic oxidation sites excluding steroid dienone is 2. The number of unbranched alkanes of at least 4 members (excludes halogenated alkanes) is 11. The van der Waals surface area contributed by atoms with Crippen molar-refractivity contribution < 1.29 is 14.6 Å². The van der Waals surface area contributed by atoms with Gasteiger partial charge >= 0.3 is 5.97 Å². The molecule has 0 aromatic heterocycles. The normalized spacial score (nSPS) is 10.5. The minimum Gasteiger partial charge on any atom is -0.463 e. The molecule has 0 saturated carbocycles. The molecule has 0 heterocycles. The molecule has 0 radical (unpaired) electrons. The monoisotopic (exact) mass is 430 g/mol. The summed E-state index contributed by atoms with van der Waals surface area (Å²) in [6.07, 6.45) is 23.3.